The molecule has 0 spiro atoms. The second-order valence-corrected chi connectivity index (χ2v) is 9.14. The van der Waals surface area contributed by atoms with E-state index in [1.54, 1.807) is 49.6 Å². The highest BCUT2D eigenvalue weighted by atomic mass is 32.2. The van der Waals surface area contributed by atoms with E-state index < -0.39 is 10.0 Å². The number of thioether (sulfide) groups is 1. The number of hydrogen-bond donors (Lipinski definition) is 1. The van der Waals surface area contributed by atoms with Crippen molar-refractivity contribution in [3.8, 4) is 5.75 Å². The number of sulfonamides is 1. The predicted octanol–water partition coefficient (Wildman–Crippen LogP) is 3.21. The number of carbonyl (C=O) groups excluding carboxylic acids is 1. The molecule has 0 aliphatic carbocycles. The number of nitrogens with zero attached hydrogens (tertiary/aromatic N) is 1. The molecule has 0 bridgehead atoms. The van der Waals surface area contributed by atoms with E-state index in [1.165, 1.54) is 16.1 Å². The van der Waals surface area contributed by atoms with Crippen LogP contribution >= 0.6 is 11.8 Å². The van der Waals surface area contributed by atoms with Crippen molar-refractivity contribution in [1.29, 1.82) is 0 Å². The first-order chi connectivity index (χ1) is 13.0. The molecule has 3 rings (SSSR count). The van der Waals surface area contributed by atoms with Crippen molar-refractivity contribution in [3.63, 3.8) is 0 Å². The van der Waals surface area contributed by atoms with Gasteiger partial charge in [-0.2, -0.15) is 4.31 Å². The highest BCUT2D eigenvalue weighted by Crippen LogP contribution is 2.25. The molecule has 27 heavy (non-hydrogen) atoms. The van der Waals surface area contributed by atoms with E-state index in [0.717, 1.165) is 17.7 Å². The van der Waals surface area contributed by atoms with Crippen LogP contribution in [0.5, 0.6) is 5.75 Å². The van der Waals surface area contributed by atoms with Crippen LogP contribution in [-0.4, -0.2) is 44.6 Å². The maximum atomic E-state index is 12.5. The fraction of sp³-hybridized carbons (Fsp3) is 0.316. The van der Waals surface area contributed by atoms with Gasteiger partial charge in [-0.3, -0.25) is 4.79 Å². The lowest BCUT2D eigenvalue weighted by Gasteiger charge is -2.15. The average molecular weight is 407 g/mol. The summed E-state index contributed by atoms with van der Waals surface area (Å²) in [6.45, 7) is 1.17. The van der Waals surface area contributed by atoms with E-state index in [2.05, 4.69) is 5.32 Å². The van der Waals surface area contributed by atoms with E-state index in [-0.39, 0.29) is 11.7 Å². The molecule has 2 aromatic rings. The van der Waals surface area contributed by atoms with Gasteiger partial charge < -0.3 is 10.1 Å². The lowest BCUT2D eigenvalue weighted by molar-refractivity contribution is -0.113. The third-order valence-electron chi connectivity index (χ3n) is 4.25. The second-order valence-electron chi connectivity index (χ2n) is 6.15. The Morgan fingerprint density at radius 1 is 1.15 bits per heavy atom. The Kier molecular flexibility index (Phi) is 6.41. The smallest absolute Gasteiger partial charge is 0.243 e. The molecule has 0 saturated carbocycles. The summed E-state index contributed by atoms with van der Waals surface area (Å²) < 4.78 is 31.7. The Bertz CT molecular complexity index is 892. The molecule has 1 fully saturated rings. The van der Waals surface area contributed by atoms with Gasteiger partial charge in [-0.1, -0.05) is 6.07 Å². The van der Waals surface area contributed by atoms with Gasteiger partial charge in [-0.05, 0) is 49.2 Å². The Hall–Kier alpha value is -2.03. The summed E-state index contributed by atoms with van der Waals surface area (Å²) in [5, 5.41) is 2.82. The number of nitrogens with one attached hydrogen (secondary N) is 1. The number of ether oxygens (including phenoxy) is 1. The molecule has 8 heteroatoms. The number of methoxy groups -OCH3 is 1. The lowest BCUT2D eigenvalue weighted by atomic mass is 10.3. The zero-order chi connectivity index (χ0) is 19.3. The first-order valence-corrected chi connectivity index (χ1v) is 11.1. The van der Waals surface area contributed by atoms with Crippen molar-refractivity contribution in [2.45, 2.75) is 22.6 Å². The molecular formula is C19H22N2O4S2. The van der Waals surface area contributed by atoms with Crippen LogP contribution in [0.2, 0.25) is 0 Å². The summed E-state index contributed by atoms with van der Waals surface area (Å²) >= 11 is 1.36. The minimum Gasteiger partial charge on any atom is -0.497 e. The highest BCUT2D eigenvalue weighted by molar-refractivity contribution is 8.00. The zero-order valence-corrected chi connectivity index (χ0v) is 16.7. The fourth-order valence-electron chi connectivity index (χ4n) is 2.83. The SMILES string of the molecule is COc1cccc(NC(=O)CSc2ccc(S(=O)(=O)N3CCCC3)cc2)c1. The summed E-state index contributed by atoms with van der Waals surface area (Å²) in [4.78, 5) is 13.3. The van der Waals surface area contributed by atoms with Crippen molar-refractivity contribution in [1.82, 2.24) is 4.31 Å². The van der Waals surface area contributed by atoms with Crippen LogP contribution in [0, 0.1) is 0 Å². The number of amides is 1. The zero-order valence-electron chi connectivity index (χ0n) is 15.1. The maximum absolute atomic E-state index is 12.5. The Morgan fingerprint density at radius 3 is 2.52 bits per heavy atom. The largest absolute Gasteiger partial charge is 0.497 e. The summed E-state index contributed by atoms with van der Waals surface area (Å²) in [6, 6.07) is 13.9. The molecule has 0 unspecified atom stereocenters. The number of carbonyl (C=O) groups is 1. The van der Waals surface area contributed by atoms with E-state index in [0.29, 0.717) is 29.4 Å². The van der Waals surface area contributed by atoms with Gasteiger partial charge in [0, 0.05) is 29.7 Å². The van der Waals surface area contributed by atoms with Crippen LogP contribution in [0.3, 0.4) is 0 Å². The standard InChI is InChI=1S/C19H22N2O4S2/c1-25-16-6-4-5-15(13-16)20-19(22)14-26-17-7-9-18(10-8-17)27(23,24)21-11-2-3-12-21/h4-10,13H,2-3,11-12,14H2,1H3,(H,20,22). The topological polar surface area (TPSA) is 75.7 Å². The van der Waals surface area contributed by atoms with Crippen molar-refractivity contribution in [2.24, 2.45) is 0 Å². The normalized spacial score (nSPS) is 14.9. The van der Waals surface area contributed by atoms with E-state index >= 15 is 0 Å². The van der Waals surface area contributed by atoms with Gasteiger partial charge in [-0.25, -0.2) is 8.42 Å². The first-order valence-electron chi connectivity index (χ1n) is 8.66. The molecule has 1 amide bonds. The summed E-state index contributed by atoms with van der Waals surface area (Å²) in [5.41, 5.74) is 0.673. The molecular weight excluding hydrogens is 384 g/mol. The Morgan fingerprint density at radius 2 is 1.85 bits per heavy atom. The van der Waals surface area contributed by atoms with Crippen LogP contribution < -0.4 is 10.1 Å². The molecule has 0 radical (unpaired) electrons. The molecule has 1 aliphatic heterocycles. The minimum absolute atomic E-state index is 0.137. The molecule has 144 valence electrons. The summed E-state index contributed by atoms with van der Waals surface area (Å²) in [5.74, 6) is 0.771. The van der Waals surface area contributed by atoms with Gasteiger partial charge in [0.2, 0.25) is 15.9 Å². The van der Waals surface area contributed by atoms with Gasteiger partial charge in [0.15, 0.2) is 0 Å². The number of anilines is 1. The van der Waals surface area contributed by atoms with Gasteiger partial charge in [-0.15, -0.1) is 11.8 Å². The second kappa shape index (κ2) is 8.77. The van der Waals surface area contributed by atoms with Crippen molar-refractivity contribution in [2.75, 3.05) is 31.3 Å². The maximum Gasteiger partial charge on any atom is 0.243 e. The molecule has 0 atom stereocenters. The molecule has 2 aromatic carbocycles. The van der Waals surface area contributed by atoms with Crippen LogP contribution in [0.25, 0.3) is 0 Å². The van der Waals surface area contributed by atoms with E-state index in [4.69, 9.17) is 4.74 Å². The first kappa shape index (κ1) is 19.7. The summed E-state index contributed by atoms with van der Waals surface area (Å²) in [7, 11) is -1.83. The van der Waals surface area contributed by atoms with Crippen LogP contribution in [0.15, 0.2) is 58.3 Å². The van der Waals surface area contributed by atoms with Gasteiger partial charge in [0.25, 0.3) is 0 Å². The lowest BCUT2D eigenvalue weighted by Crippen LogP contribution is -2.27. The molecule has 0 aromatic heterocycles. The molecule has 1 aliphatic rings. The quantitative estimate of drug-likeness (QED) is 0.715. The predicted molar refractivity (Wildman–Crippen MR) is 107 cm³/mol. The Labute approximate surface area is 164 Å². The summed E-state index contributed by atoms with van der Waals surface area (Å²) in [6.07, 6.45) is 1.82. The van der Waals surface area contributed by atoms with Gasteiger partial charge in [0.1, 0.15) is 5.75 Å². The van der Waals surface area contributed by atoms with E-state index in [1.807, 2.05) is 6.07 Å². The number of rotatable bonds is 7. The third kappa shape index (κ3) is 5.03. The molecule has 6 nitrogen and oxygen atoms in total. The molecule has 1 saturated heterocycles. The van der Waals surface area contributed by atoms with Crippen molar-refractivity contribution >= 4 is 33.4 Å². The number of benzene rings is 2. The minimum atomic E-state index is -3.40. The monoisotopic (exact) mass is 406 g/mol. The third-order valence-corrected chi connectivity index (χ3v) is 7.17. The van der Waals surface area contributed by atoms with Crippen LogP contribution in [-0.2, 0) is 14.8 Å². The number of hydrogen-bond acceptors (Lipinski definition) is 5. The van der Waals surface area contributed by atoms with Crippen molar-refractivity contribution in [3.05, 3.63) is 48.5 Å². The fourth-order valence-corrected chi connectivity index (χ4v) is 5.05. The van der Waals surface area contributed by atoms with E-state index in [9.17, 15) is 13.2 Å². The van der Waals surface area contributed by atoms with Crippen molar-refractivity contribution < 1.29 is 17.9 Å². The average Bonchev–Trinajstić information content (AvgIpc) is 3.22. The molecule has 1 N–H and O–H groups in total. The highest BCUT2D eigenvalue weighted by Gasteiger charge is 2.26. The Balaban J connectivity index is 1.56. The van der Waals surface area contributed by atoms with Gasteiger partial charge >= 0.3 is 0 Å². The van der Waals surface area contributed by atoms with Crippen LogP contribution in [0.4, 0.5) is 5.69 Å². The van der Waals surface area contributed by atoms with Crippen LogP contribution in [0.1, 0.15) is 12.8 Å². The molecule has 1 heterocycles. The van der Waals surface area contributed by atoms with Gasteiger partial charge in [0.05, 0.1) is 17.8 Å².